The molecule has 2 aromatic heterocycles. The minimum absolute atomic E-state index is 0.119. The van der Waals surface area contributed by atoms with Gasteiger partial charge >= 0.3 is 0 Å². The Bertz CT molecular complexity index is 1180. The molecule has 0 saturated carbocycles. The first-order valence-corrected chi connectivity index (χ1v) is 8.84. The van der Waals surface area contributed by atoms with E-state index in [0.717, 1.165) is 22.0 Å². The smallest absolute Gasteiger partial charge is 0.229 e. The number of hydrogen-bond donors (Lipinski definition) is 1. The van der Waals surface area contributed by atoms with Crippen molar-refractivity contribution in [2.24, 2.45) is 7.05 Å². The van der Waals surface area contributed by atoms with Crippen molar-refractivity contribution in [3.05, 3.63) is 77.6 Å². The summed E-state index contributed by atoms with van der Waals surface area (Å²) >= 11 is 0. The molecule has 28 heavy (non-hydrogen) atoms. The number of nitriles is 1. The molecule has 4 aromatic rings. The summed E-state index contributed by atoms with van der Waals surface area (Å²) in [5, 5.41) is 21.3. The predicted octanol–water partition coefficient (Wildman–Crippen LogP) is 2.87. The van der Waals surface area contributed by atoms with Gasteiger partial charge in [-0.1, -0.05) is 18.2 Å². The van der Waals surface area contributed by atoms with Crippen LogP contribution in [-0.4, -0.2) is 25.5 Å². The van der Waals surface area contributed by atoms with Crippen molar-refractivity contribution < 1.29 is 4.79 Å². The highest BCUT2D eigenvalue weighted by atomic mass is 16.1. The van der Waals surface area contributed by atoms with Gasteiger partial charge < -0.3 is 5.32 Å². The van der Waals surface area contributed by atoms with Gasteiger partial charge in [-0.3, -0.25) is 14.2 Å². The highest BCUT2D eigenvalue weighted by Gasteiger charge is 2.08. The van der Waals surface area contributed by atoms with Crippen LogP contribution in [0.15, 0.2) is 60.9 Å². The Kier molecular flexibility index (Phi) is 4.60. The van der Waals surface area contributed by atoms with Crippen molar-refractivity contribution in [1.29, 1.82) is 5.26 Å². The molecule has 4 rings (SSSR count). The number of rotatable bonds is 5. The molecule has 0 unspecified atom stereocenters. The van der Waals surface area contributed by atoms with Crippen LogP contribution in [0.2, 0.25) is 0 Å². The molecule has 0 spiro atoms. The minimum Gasteiger partial charge on any atom is -0.309 e. The molecule has 0 aliphatic rings. The Hall–Kier alpha value is -3.92. The number of aryl methyl sites for hydroxylation is 1. The van der Waals surface area contributed by atoms with Crippen LogP contribution in [0, 0.1) is 11.3 Å². The standard InChI is InChI=1S/C21H18N6O/c1-26-19-7-6-17(10-18(19)13-23-26)11-21(28)24-20-8-9-27(25-20)14-16-4-2-15(12-22)3-5-16/h2-10,13H,11,14H2,1H3,(H,24,25,28). The molecule has 0 atom stereocenters. The van der Waals surface area contributed by atoms with Crippen LogP contribution < -0.4 is 5.32 Å². The van der Waals surface area contributed by atoms with Crippen LogP contribution in [0.5, 0.6) is 0 Å². The van der Waals surface area contributed by atoms with Gasteiger partial charge in [0.2, 0.25) is 5.91 Å². The largest absolute Gasteiger partial charge is 0.309 e. The number of amides is 1. The van der Waals surface area contributed by atoms with Crippen molar-refractivity contribution in [3.8, 4) is 6.07 Å². The molecular formula is C21H18N6O. The molecule has 0 saturated heterocycles. The molecule has 0 bridgehead atoms. The highest BCUT2D eigenvalue weighted by Crippen LogP contribution is 2.16. The molecule has 0 fully saturated rings. The molecule has 0 aliphatic heterocycles. The van der Waals surface area contributed by atoms with E-state index in [1.54, 1.807) is 33.8 Å². The number of carbonyl (C=O) groups excluding carboxylic acids is 1. The Morgan fingerprint density at radius 2 is 1.93 bits per heavy atom. The number of benzene rings is 2. The first-order chi connectivity index (χ1) is 13.6. The molecule has 2 aromatic carbocycles. The maximum atomic E-state index is 12.3. The van der Waals surface area contributed by atoms with Crippen LogP contribution >= 0.6 is 0 Å². The zero-order valence-corrected chi connectivity index (χ0v) is 15.3. The van der Waals surface area contributed by atoms with Gasteiger partial charge in [0.25, 0.3) is 0 Å². The average molecular weight is 370 g/mol. The average Bonchev–Trinajstić information content (AvgIpc) is 3.28. The van der Waals surface area contributed by atoms with E-state index in [-0.39, 0.29) is 12.3 Å². The van der Waals surface area contributed by atoms with E-state index in [0.29, 0.717) is 17.9 Å². The molecule has 1 N–H and O–H groups in total. The summed E-state index contributed by atoms with van der Waals surface area (Å²) < 4.78 is 3.55. The van der Waals surface area contributed by atoms with Crippen LogP contribution in [0.25, 0.3) is 10.9 Å². The summed E-state index contributed by atoms with van der Waals surface area (Å²) in [5.41, 5.74) is 3.62. The Morgan fingerprint density at radius 3 is 2.71 bits per heavy atom. The quantitative estimate of drug-likeness (QED) is 0.585. The second-order valence-corrected chi connectivity index (χ2v) is 6.59. The van der Waals surface area contributed by atoms with E-state index in [1.807, 2.05) is 43.6 Å². The van der Waals surface area contributed by atoms with Crippen molar-refractivity contribution in [2.45, 2.75) is 13.0 Å². The SMILES string of the molecule is Cn1ncc2cc(CC(=O)Nc3ccn(Cc4ccc(C#N)cc4)n3)ccc21. The normalized spacial score (nSPS) is 10.7. The second kappa shape index (κ2) is 7.37. The maximum absolute atomic E-state index is 12.3. The van der Waals surface area contributed by atoms with Gasteiger partial charge in [-0.2, -0.15) is 15.5 Å². The summed E-state index contributed by atoms with van der Waals surface area (Å²) in [6.45, 7) is 0.569. The topological polar surface area (TPSA) is 88.5 Å². The van der Waals surface area contributed by atoms with Gasteiger partial charge in [-0.05, 0) is 35.4 Å². The fourth-order valence-corrected chi connectivity index (χ4v) is 3.08. The van der Waals surface area contributed by atoms with Crippen LogP contribution in [-0.2, 0) is 24.8 Å². The number of carbonyl (C=O) groups is 1. The van der Waals surface area contributed by atoms with Crippen LogP contribution in [0.1, 0.15) is 16.7 Å². The third-order valence-corrected chi connectivity index (χ3v) is 4.51. The lowest BCUT2D eigenvalue weighted by molar-refractivity contribution is -0.115. The number of anilines is 1. The molecule has 0 radical (unpaired) electrons. The van der Waals surface area contributed by atoms with Crippen molar-refractivity contribution >= 4 is 22.6 Å². The van der Waals surface area contributed by atoms with Crippen molar-refractivity contribution in [3.63, 3.8) is 0 Å². The lowest BCUT2D eigenvalue weighted by atomic mass is 10.1. The van der Waals surface area contributed by atoms with Crippen molar-refractivity contribution in [1.82, 2.24) is 19.6 Å². The van der Waals surface area contributed by atoms with E-state index in [1.165, 1.54) is 0 Å². The van der Waals surface area contributed by atoms with Gasteiger partial charge in [0.05, 0.1) is 36.3 Å². The van der Waals surface area contributed by atoms with Gasteiger partial charge in [-0.25, -0.2) is 0 Å². The minimum atomic E-state index is -0.119. The number of aromatic nitrogens is 4. The lowest BCUT2D eigenvalue weighted by Crippen LogP contribution is -2.15. The van der Waals surface area contributed by atoms with Gasteiger partial charge in [0.15, 0.2) is 5.82 Å². The van der Waals surface area contributed by atoms with E-state index < -0.39 is 0 Å². The highest BCUT2D eigenvalue weighted by molar-refractivity contribution is 5.92. The number of nitrogens with zero attached hydrogens (tertiary/aromatic N) is 5. The Morgan fingerprint density at radius 1 is 1.14 bits per heavy atom. The zero-order chi connectivity index (χ0) is 19.5. The van der Waals surface area contributed by atoms with Crippen LogP contribution in [0.3, 0.4) is 0 Å². The first kappa shape index (κ1) is 17.5. The predicted molar refractivity (Wildman–Crippen MR) is 106 cm³/mol. The molecule has 2 heterocycles. The Balaban J connectivity index is 1.38. The molecule has 7 nitrogen and oxygen atoms in total. The molecule has 1 amide bonds. The monoisotopic (exact) mass is 370 g/mol. The van der Waals surface area contributed by atoms with E-state index in [9.17, 15) is 4.79 Å². The molecule has 7 heteroatoms. The van der Waals surface area contributed by atoms with Gasteiger partial charge in [0, 0.05) is 24.7 Å². The summed E-state index contributed by atoms with van der Waals surface area (Å²) in [7, 11) is 1.89. The maximum Gasteiger partial charge on any atom is 0.229 e. The van der Waals surface area contributed by atoms with E-state index in [4.69, 9.17) is 5.26 Å². The third kappa shape index (κ3) is 3.76. The lowest BCUT2D eigenvalue weighted by Gasteiger charge is -2.04. The zero-order valence-electron chi connectivity index (χ0n) is 15.3. The van der Waals surface area contributed by atoms with Crippen molar-refractivity contribution in [2.75, 3.05) is 5.32 Å². The van der Waals surface area contributed by atoms with Crippen LogP contribution in [0.4, 0.5) is 5.82 Å². The number of nitrogens with one attached hydrogen (secondary N) is 1. The fraction of sp³-hybridized carbons (Fsp3) is 0.143. The number of hydrogen-bond acceptors (Lipinski definition) is 4. The van der Waals surface area contributed by atoms with E-state index >= 15 is 0 Å². The molecule has 138 valence electrons. The molecular weight excluding hydrogens is 352 g/mol. The Labute approximate surface area is 161 Å². The summed E-state index contributed by atoms with van der Waals surface area (Å²) in [5.74, 6) is 0.396. The fourth-order valence-electron chi connectivity index (χ4n) is 3.08. The summed E-state index contributed by atoms with van der Waals surface area (Å²) in [6.07, 6.45) is 3.88. The van der Waals surface area contributed by atoms with Gasteiger partial charge in [-0.15, -0.1) is 0 Å². The molecule has 0 aliphatic carbocycles. The number of fused-ring (bicyclic) bond motifs is 1. The first-order valence-electron chi connectivity index (χ1n) is 8.84. The summed E-state index contributed by atoms with van der Waals surface area (Å²) in [6, 6.07) is 17.1. The van der Waals surface area contributed by atoms with Gasteiger partial charge in [0.1, 0.15) is 0 Å². The second-order valence-electron chi connectivity index (χ2n) is 6.59. The third-order valence-electron chi connectivity index (χ3n) is 4.51. The van der Waals surface area contributed by atoms with E-state index in [2.05, 4.69) is 21.6 Å². The summed E-state index contributed by atoms with van der Waals surface area (Å²) in [4.78, 5) is 12.3.